The van der Waals surface area contributed by atoms with Crippen molar-refractivity contribution in [2.45, 2.75) is 33.3 Å². The maximum absolute atomic E-state index is 12.0. The first-order chi connectivity index (χ1) is 12.5. The highest BCUT2D eigenvalue weighted by Gasteiger charge is 2.08. The normalized spacial score (nSPS) is 10.6. The third-order valence-electron chi connectivity index (χ3n) is 3.79. The summed E-state index contributed by atoms with van der Waals surface area (Å²) in [5.41, 5.74) is 1.13. The molecule has 6 nitrogen and oxygen atoms in total. The Bertz CT molecular complexity index is 765. The summed E-state index contributed by atoms with van der Waals surface area (Å²) in [4.78, 5) is 26.9. The Balaban J connectivity index is 1.83. The van der Waals surface area contributed by atoms with Gasteiger partial charge in [-0.15, -0.1) is 0 Å². The van der Waals surface area contributed by atoms with Gasteiger partial charge >= 0.3 is 5.97 Å². The summed E-state index contributed by atoms with van der Waals surface area (Å²) < 4.78 is 15.8. The number of H-pyrrole nitrogens is 1. The summed E-state index contributed by atoms with van der Waals surface area (Å²) in [6.45, 7) is 4.70. The molecule has 1 N–H and O–H groups in total. The number of methoxy groups -OCH3 is 1. The SMILES string of the molecule is COc1ccc(CC(=O)OCc2cc(=O)c(OCCC(C)C)c[nH]2)cc1. The van der Waals surface area contributed by atoms with Crippen LogP contribution in [0.1, 0.15) is 31.5 Å². The number of ether oxygens (including phenoxy) is 3. The van der Waals surface area contributed by atoms with Crippen LogP contribution in [0.15, 0.2) is 41.3 Å². The number of nitrogens with one attached hydrogen (secondary N) is 1. The molecule has 0 fully saturated rings. The van der Waals surface area contributed by atoms with Crippen LogP contribution < -0.4 is 14.9 Å². The Labute approximate surface area is 153 Å². The molecule has 6 heteroatoms. The Morgan fingerprint density at radius 3 is 2.54 bits per heavy atom. The molecule has 0 bridgehead atoms. The predicted octanol–water partition coefficient (Wildman–Crippen LogP) is 3.09. The third kappa shape index (κ3) is 6.27. The van der Waals surface area contributed by atoms with E-state index in [4.69, 9.17) is 14.2 Å². The van der Waals surface area contributed by atoms with Crippen molar-refractivity contribution in [3.63, 3.8) is 0 Å². The van der Waals surface area contributed by atoms with Gasteiger partial charge in [0, 0.05) is 12.3 Å². The monoisotopic (exact) mass is 359 g/mol. The molecule has 140 valence electrons. The Morgan fingerprint density at radius 2 is 1.92 bits per heavy atom. The molecular formula is C20H25NO5. The van der Waals surface area contributed by atoms with Crippen molar-refractivity contribution in [2.75, 3.05) is 13.7 Å². The van der Waals surface area contributed by atoms with Crippen molar-refractivity contribution in [2.24, 2.45) is 5.92 Å². The van der Waals surface area contributed by atoms with Gasteiger partial charge in [-0.05, 0) is 30.0 Å². The second-order valence-electron chi connectivity index (χ2n) is 6.40. The van der Waals surface area contributed by atoms with Crippen molar-refractivity contribution in [3.05, 3.63) is 58.0 Å². The average molecular weight is 359 g/mol. The zero-order chi connectivity index (χ0) is 18.9. The highest BCUT2D eigenvalue weighted by atomic mass is 16.5. The first kappa shape index (κ1) is 19.6. The van der Waals surface area contributed by atoms with Crippen molar-refractivity contribution < 1.29 is 19.0 Å². The Morgan fingerprint density at radius 1 is 1.19 bits per heavy atom. The molecular weight excluding hydrogens is 334 g/mol. The first-order valence-electron chi connectivity index (χ1n) is 8.61. The number of carbonyl (C=O) groups is 1. The van der Waals surface area contributed by atoms with Crippen molar-refractivity contribution in [1.82, 2.24) is 4.98 Å². The highest BCUT2D eigenvalue weighted by molar-refractivity contribution is 5.72. The molecule has 2 aromatic rings. The van der Waals surface area contributed by atoms with Crippen molar-refractivity contribution in [1.29, 1.82) is 0 Å². The van der Waals surface area contributed by atoms with Crippen molar-refractivity contribution >= 4 is 5.97 Å². The van der Waals surface area contributed by atoms with E-state index in [2.05, 4.69) is 18.8 Å². The molecule has 0 amide bonds. The Kier molecular flexibility index (Phi) is 7.26. The predicted molar refractivity (Wildman–Crippen MR) is 98.5 cm³/mol. The molecule has 2 rings (SSSR count). The molecule has 0 saturated carbocycles. The fourth-order valence-corrected chi connectivity index (χ4v) is 2.22. The number of hydrogen-bond acceptors (Lipinski definition) is 5. The van der Waals surface area contributed by atoms with E-state index in [1.165, 1.54) is 12.3 Å². The number of aromatic amines is 1. The van der Waals surface area contributed by atoms with Gasteiger partial charge < -0.3 is 19.2 Å². The molecule has 0 aliphatic carbocycles. The molecule has 1 aromatic carbocycles. The summed E-state index contributed by atoms with van der Waals surface area (Å²) in [6, 6.07) is 8.60. The molecule has 1 heterocycles. The van der Waals surface area contributed by atoms with Crippen LogP contribution in [0.4, 0.5) is 0 Å². The largest absolute Gasteiger partial charge is 0.497 e. The minimum atomic E-state index is -0.367. The number of pyridine rings is 1. The van der Waals surface area contributed by atoms with Crippen LogP contribution in [-0.4, -0.2) is 24.7 Å². The quantitative estimate of drug-likeness (QED) is 0.696. The van der Waals surface area contributed by atoms with E-state index in [-0.39, 0.29) is 30.2 Å². The van der Waals surface area contributed by atoms with E-state index in [0.717, 1.165) is 17.7 Å². The summed E-state index contributed by atoms with van der Waals surface area (Å²) >= 11 is 0. The topological polar surface area (TPSA) is 77.6 Å². The molecule has 0 aliphatic rings. The third-order valence-corrected chi connectivity index (χ3v) is 3.79. The molecule has 26 heavy (non-hydrogen) atoms. The van der Waals surface area contributed by atoms with E-state index < -0.39 is 0 Å². The van der Waals surface area contributed by atoms with Crippen LogP contribution in [0.3, 0.4) is 0 Å². The van der Waals surface area contributed by atoms with Crippen LogP contribution in [0.2, 0.25) is 0 Å². The lowest BCUT2D eigenvalue weighted by atomic mass is 10.1. The second kappa shape index (κ2) is 9.65. The van der Waals surface area contributed by atoms with Gasteiger partial charge in [0.05, 0.1) is 25.8 Å². The maximum atomic E-state index is 12.0. The van der Waals surface area contributed by atoms with Crippen LogP contribution in [0.5, 0.6) is 11.5 Å². The van der Waals surface area contributed by atoms with Crippen LogP contribution in [0.25, 0.3) is 0 Å². The van der Waals surface area contributed by atoms with Gasteiger partial charge in [-0.2, -0.15) is 0 Å². The summed E-state index contributed by atoms with van der Waals surface area (Å²) in [7, 11) is 1.59. The number of aromatic nitrogens is 1. The van der Waals surface area contributed by atoms with Crippen LogP contribution in [0, 0.1) is 5.92 Å². The smallest absolute Gasteiger partial charge is 0.310 e. The first-order valence-corrected chi connectivity index (χ1v) is 8.61. The average Bonchev–Trinajstić information content (AvgIpc) is 2.62. The van der Waals surface area contributed by atoms with E-state index >= 15 is 0 Å². The number of benzene rings is 1. The van der Waals surface area contributed by atoms with E-state index in [9.17, 15) is 9.59 Å². The molecule has 0 saturated heterocycles. The second-order valence-corrected chi connectivity index (χ2v) is 6.40. The van der Waals surface area contributed by atoms with Gasteiger partial charge in [-0.3, -0.25) is 9.59 Å². The van der Waals surface area contributed by atoms with E-state index in [1.807, 2.05) is 12.1 Å². The summed E-state index contributed by atoms with van der Waals surface area (Å²) in [6.07, 6.45) is 2.55. The van der Waals surface area contributed by atoms with Crippen molar-refractivity contribution in [3.8, 4) is 11.5 Å². The number of hydrogen-bond donors (Lipinski definition) is 1. The summed E-state index contributed by atoms with van der Waals surface area (Å²) in [5.74, 6) is 1.15. The fourth-order valence-electron chi connectivity index (χ4n) is 2.22. The van der Waals surface area contributed by atoms with E-state index in [1.54, 1.807) is 19.2 Å². The lowest BCUT2D eigenvalue weighted by molar-refractivity contribution is -0.144. The fraction of sp³-hybridized carbons (Fsp3) is 0.400. The van der Waals surface area contributed by atoms with Gasteiger partial charge in [0.1, 0.15) is 12.4 Å². The van der Waals surface area contributed by atoms with Crippen LogP contribution >= 0.6 is 0 Å². The van der Waals surface area contributed by atoms with Gasteiger partial charge in [0.2, 0.25) is 5.43 Å². The maximum Gasteiger partial charge on any atom is 0.310 e. The van der Waals surface area contributed by atoms with Crippen LogP contribution in [-0.2, 0) is 22.6 Å². The molecule has 0 aliphatic heterocycles. The van der Waals surface area contributed by atoms with E-state index in [0.29, 0.717) is 18.2 Å². The Hall–Kier alpha value is -2.76. The highest BCUT2D eigenvalue weighted by Crippen LogP contribution is 2.12. The lowest BCUT2D eigenvalue weighted by Crippen LogP contribution is -2.13. The number of rotatable bonds is 9. The van der Waals surface area contributed by atoms with Gasteiger partial charge in [0.25, 0.3) is 0 Å². The summed E-state index contributed by atoms with van der Waals surface area (Å²) in [5, 5.41) is 0. The van der Waals surface area contributed by atoms with Gasteiger partial charge in [-0.25, -0.2) is 0 Å². The minimum Gasteiger partial charge on any atom is -0.497 e. The molecule has 0 atom stereocenters. The molecule has 0 spiro atoms. The molecule has 0 unspecified atom stereocenters. The molecule has 1 aromatic heterocycles. The number of esters is 1. The standard InChI is InChI=1S/C20H25NO5/c1-14(2)8-9-25-19-12-21-16(11-18(19)22)13-26-20(23)10-15-4-6-17(24-3)7-5-15/h4-7,11-12,14H,8-10,13H2,1-3H3,(H,21,22). The zero-order valence-electron chi connectivity index (χ0n) is 15.4. The minimum absolute atomic E-state index is 0.0104. The molecule has 0 radical (unpaired) electrons. The van der Waals surface area contributed by atoms with Gasteiger partial charge in [-0.1, -0.05) is 26.0 Å². The zero-order valence-corrected chi connectivity index (χ0v) is 15.4. The van der Waals surface area contributed by atoms with Gasteiger partial charge in [0.15, 0.2) is 5.75 Å². The number of carbonyl (C=O) groups excluding carboxylic acids is 1. The lowest BCUT2D eigenvalue weighted by Gasteiger charge is -2.09.